The van der Waals surface area contributed by atoms with Crippen LogP contribution in [0.4, 0.5) is 29.3 Å². The molecule has 2 N–H and O–H groups in total. The van der Waals surface area contributed by atoms with Gasteiger partial charge in [0.05, 0.1) is 26.0 Å². The van der Waals surface area contributed by atoms with Gasteiger partial charge in [-0.2, -0.15) is 18.2 Å². The summed E-state index contributed by atoms with van der Waals surface area (Å²) >= 11 is 0. The van der Waals surface area contributed by atoms with Gasteiger partial charge >= 0.3 is 18.2 Å². The van der Waals surface area contributed by atoms with Crippen molar-refractivity contribution in [3.63, 3.8) is 0 Å². The lowest BCUT2D eigenvalue weighted by atomic mass is 10.2. The fourth-order valence-electron chi connectivity index (χ4n) is 1.75. The lowest BCUT2D eigenvalue weighted by Crippen LogP contribution is -2.20. The zero-order valence-electron chi connectivity index (χ0n) is 12.6. The Balaban J connectivity index is 2.11. The van der Waals surface area contributed by atoms with Crippen molar-refractivity contribution < 1.29 is 27.4 Å². The summed E-state index contributed by atoms with van der Waals surface area (Å²) < 4.78 is 47.7. The van der Waals surface area contributed by atoms with Crippen LogP contribution < -0.4 is 20.1 Å². The molecule has 0 unspecified atom stereocenters. The largest absolute Gasteiger partial charge is 0.479 e. The number of rotatable bonds is 4. The minimum atomic E-state index is -4.50. The molecule has 0 bridgehead atoms. The van der Waals surface area contributed by atoms with E-state index in [2.05, 4.69) is 20.6 Å². The van der Waals surface area contributed by atoms with Crippen LogP contribution in [0.5, 0.6) is 11.9 Å². The van der Waals surface area contributed by atoms with Gasteiger partial charge in [-0.3, -0.25) is 0 Å². The van der Waals surface area contributed by atoms with Gasteiger partial charge in [0, 0.05) is 5.69 Å². The predicted molar refractivity (Wildman–Crippen MR) is 79.2 cm³/mol. The van der Waals surface area contributed by atoms with Gasteiger partial charge in [-0.25, -0.2) is 9.78 Å². The molecule has 1 heterocycles. The van der Waals surface area contributed by atoms with Gasteiger partial charge in [-0.05, 0) is 18.2 Å². The average molecular weight is 342 g/mol. The van der Waals surface area contributed by atoms with Crippen LogP contribution in [0, 0.1) is 0 Å². The molecule has 10 heteroatoms. The highest BCUT2D eigenvalue weighted by molar-refractivity contribution is 6.00. The van der Waals surface area contributed by atoms with E-state index in [1.165, 1.54) is 32.5 Å². The molecule has 2 aromatic rings. The van der Waals surface area contributed by atoms with Crippen LogP contribution in [0.2, 0.25) is 0 Å². The smallest absolute Gasteiger partial charge is 0.416 e. The molecule has 24 heavy (non-hydrogen) atoms. The number of carbonyl (C=O) groups excluding carboxylic acids is 1. The van der Waals surface area contributed by atoms with Crippen LogP contribution in [0.25, 0.3) is 0 Å². The maximum Gasteiger partial charge on any atom is 0.416 e. The summed E-state index contributed by atoms with van der Waals surface area (Å²) in [4.78, 5) is 19.6. The number of nitrogens with zero attached hydrogens (tertiary/aromatic N) is 2. The fourth-order valence-corrected chi connectivity index (χ4v) is 1.75. The van der Waals surface area contributed by atoms with E-state index in [0.29, 0.717) is 0 Å². The van der Waals surface area contributed by atoms with Crippen molar-refractivity contribution in [3.8, 4) is 11.9 Å². The second-order valence-electron chi connectivity index (χ2n) is 4.44. The minimum absolute atomic E-state index is 0.0179. The molecule has 0 aliphatic rings. The topological polar surface area (TPSA) is 85.4 Å². The summed E-state index contributed by atoms with van der Waals surface area (Å²) in [5.74, 6) is 0.0426. The summed E-state index contributed by atoms with van der Waals surface area (Å²) in [6.45, 7) is 0. The van der Waals surface area contributed by atoms with Crippen LogP contribution in [-0.4, -0.2) is 30.2 Å². The molecule has 0 radical (unpaired) electrons. The second kappa shape index (κ2) is 7.02. The molecule has 2 amide bonds. The Hall–Kier alpha value is -3.04. The molecular formula is C14H13F3N4O3. The molecule has 0 saturated heterocycles. The van der Waals surface area contributed by atoms with E-state index in [1.807, 2.05) is 0 Å². The molecule has 0 fully saturated rings. The Kier molecular flexibility index (Phi) is 5.07. The van der Waals surface area contributed by atoms with E-state index < -0.39 is 17.8 Å². The number of urea groups is 1. The third-order valence-electron chi connectivity index (χ3n) is 2.80. The van der Waals surface area contributed by atoms with Gasteiger partial charge in [-0.1, -0.05) is 6.07 Å². The Labute approximate surface area is 134 Å². The number of carbonyl (C=O) groups is 1. The van der Waals surface area contributed by atoms with Crippen molar-refractivity contribution in [3.05, 3.63) is 36.0 Å². The van der Waals surface area contributed by atoms with Crippen LogP contribution in [0.3, 0.4) is 0 Å². The monoisotopic (exact) mass is 342 g/mol. The van der Waals surface area contributed by atoms with Crippen molar-refractivity contribution in [2.75, 3.05) is 24.9 Å². The molecule has 0 atom stereocenters. The van der Waals surface area contributed by atoms with Crippen LogP contribution >= 0.6 is 0 Å². The number of hydrogen-bond donors (Lipinski definition) is 2. The highest BCUT2D eigenvalue weighted by Crippen LogP contribution is 2.30. The summed E-state index contributed by atoms with van der Waals surface area (Å²) in [5.41, 5.74) is -0.760. The van der Waals surface area contributed by atoms with Crippen molar-refractivity contribution in [2.24, 2.45) is 0 Å². The highest BCUT2D eigenvalue weighted by atomic mass is 19.4. The second-order valence-corrected chi connectivity index (χ2v) is 4.44. The first kappa shape index (κ1) is 17.3. The van der Waals surface area contributed by atoms with E-state index in [9.17, 15) is 18.0 Å². The molecule has 7 nitrogen and oxygen atoms in total. The SMILES string of the molecule is COc1ncc(NC(=O)Nc2cccc(C(F)(F)F)c2)c(OC)n1. The Morgan fingerprint density at radius 1 is 1.17 bits per heavy atom. The summed E-state index contributed by atoms with van der Waals surface area (Å²) in [6, 6.07) is 3.51. The summed E-state index contributed by atoms with van der Waals surface area (Å²) in [6.07, 6.45) is -3.25. The molecule has 1 aromatic heterocycles. The van der Waals surface area contributed by atoms with Gasteiger partial charge < -0.3 is 20.1 Å². The standard InChI is InChI=1S/C14H13F3N4O3/c1-23-11-10(7-18-13(21-11)24-2)20-12(22)19-9-5-3-4-8(6-9)14(15,16)17/h3-7H,1-2H3,(H2,19,20,22). The van der Waals surface area contributed by atoms with E-state index in [-0.39, 0.29) is 23.3 Å². The number of hydrogen-bond acceptors (Lipinski definition) is 5. The first-order valence-electron chi connectivity index (χ1n) is 6.53. The summed E-state index contributed by atoms with van der Waals surface area (Å²) in [7, 11) is 2.69. The zero-order valence-corrected chi connectivity index (χ0v) is 12.6. The molecule has 0 spiro atoms. The predicted octanol–water partition coefficient (Wildman–Crippen LogP) is 3.16. The number of halogens is 3. The number of alkyl halides is 3. The lowest BCUT2D eigenvalue weighted by Gasteiger charge is -2.12. The summed E-state index contributed by atoms with van der Waals surface area (Å²) in [5, 5.41) is 4.67. The molecule has 1 aromatic carbocycles. The average Bonchev–Trinajstić information content (AvgIpc) is 2.54. The van der Waals surface area contributed by atoms with Gasteiger partial charge in [0.2, 0.25) is 5.88 Å². The number of anilines is 2. The van der Waals surface area contributed by atoms with E-state index in [1.54, 1.807) is 0 Å². The van der Waals surface area contributed by atoms with Gasteiger partial charge in [0.25, 0.3) is 0 Å². The highest BCUT2D eigenvalue weighted by Gasteiger charge is 2.30. The molecule has 0 saturated carbocycles. The molecular weight excluding hydrogens is 329 g/mol. The van der Waals surface area contributed by atoms with Gasteiger partial charge in [-0.15, -0.1) is 0 Å². The third-order valence-corrected chi connectivity index (χ3v) is 2.80. The molecule has 0 aliphatic carbocycles. The van der Waals surface area contributed by atoms with E-state index in [4.69, 9.17) is 9.47 Å². The normalized spacial score (nSPS) is 10.9. The van der Waals surface area contributed by atoms with Gasteiger partial charge in [0.15, 0.2) is 0 Å². The van der Waals surface area contributed by atoms with Crippen molar-refractivity contribution in [2.45, 2.75) is 6.18 Å². The number of methoxy groups -OCH3 is 2. The number of amides is 2. The van der Waals surface area contributed by atoms with E-state index in [0.717, 1.165) is 12.1 Å². The van der Waals surface area contributed by atoms with Crippen LogP contribution in [-0.2, 0) is 6.18 Å². The number of aromatic nitrogens is 2. The maximum atomic E-state index is 12.6. The third kappa shape index (κ3) is 4.24. The molecule has 0 aliphatic heterocycles. The maximum absolute atomic E-state index is 12.6. The Bertz CT molecular complexity index is 737. The zero-order chi connectivity index (χ0) is 17.7. The van der Waals surface area contributed by atoms with Crippen LogP contribution in [0.1, 0.15) is 5.56 Å². The van der Waals surface area contributed by atoms with Crippen molar-refractivity contribution in [1.82, 2.24) is 9.97 Å². The Morgan fingerprint density at radius 2 is 1.92 bits per heavy atom. The Morgan fingerprint density at radius 3 is 2.54 bits per heavy atom. The minimum Gasteiger partial charge on any atom is -0.479 e. The van der Waals surface area contributed by atoms with Gasteiger partial charge in [0.1, 0.15) is 5.69 Å². The first-order valence-corrected chi connectivity index (χ1v) is 6.53. The quantitative estimate of drug-likeness (QED) is 0.891. The van der Waals surface area contributed by atoms with Crippen molar-refractivity contribution in [1.29, 1.82) is 0 Å². The van der Waals surface area contributed by atoms with Crippen LogP contribution in [0.15, 0.2) is 30.5 Å². The van der Waals surface area contributed by atoms with Crippen molar-refractivity contribution >= 4 is 17.4 Å². The molecule has 128 valence electrons. The number of nitrogens with one attached hydrogen (secondary N) is 2. The lowest BCUT2D eigenvalue weighted by molar-refractivity contribution is -0.137. The van der Waals surface area contributed by atoms with E-state index >= 15 is 0 Å². The first-order chi connectivity index (χ1) is 11.3. The number of ether oxygens (including phenoxy) is 2. The number of benzene rings is 1. The fraction of sp³-hybridized carbons (Fsp3) is 0.214. The molecule has 2 rings (SSSR count).